The molecular formula is C15H12BrClO3. The van der Waals surface area contributed by atoms with Crippen LogP contribution < -0.4 is 9.47 Å². The quantitative estimate of drug-likeness (QED) is 0.602. The molecule has 0 amide bonds. The van der Waals surface area contributed by atoms with Gasteiger partial charge in [0.05, 0.1) is 5.02 Å². The lowest BCUT2D eigenvalue weighted by Crippen LogP contribution is -2.17. The molecule has 3 nitrogen and oxygen atoms in total. The molecule has 0 saturated carbocycles. The Morgan fingerprint density at radius 3 is 2.55 bits per heavy atom. The molecule has 0 radical (unpaired) electrons. The maximum Gasteiger partial charge on any atom is 0.349 e. The van der Waals surface area contributed by atoms with Gasteiger partial charge < -0.3 is 9.47 Å². The molecule has 0 aromatic heterocycles. The summed E-state index contributed by atoms with van der Waals surface area (Å²) in [5, 5.41) is 0.433. The summed E-state index contributed by atoms with van der Waals surface area (Å²) in [4.78, 5) is 11.6. The molecule has 0 fully saturated rings. The summed E-state index contributed by atoms with van der Waals surface area (Å²) < 4.78 is 11.3. The van der Waals surface area contributed by atoms with Crippen molar-refractivity contribution < 1.29 is 14.3 Å². The topological polar surface area (TPSA) is 35.5 Å². The number of rotatable bonds is 4. The second-order valence-corrected chi connectivity index (χ2v) is 5.47. The normalized spacial score (nSPS) is 10.2. The smallest absolute Gasteiger partial charge is 0.349 e. The van der Waals surface area contributed by atoms with Crippen LogP contribution in [0.3, 0.4) is 0 Å². The van der Waals surface area contributed by atoms with Gasteiger partial charge in [-0.3, -0.25) is 0 Å². The van der Waals surface area contributed by atoms with E-state index in [-0.39, 0.29) is 6.61 Å². The van der Waals surface area contributed by atoms with Gasteiger partial charge in [-0.1, -0.05) is 45.2 Å². The Morgan fingerprint density at radius 1 is 1.20 bits per heavy atom. The molecule has 2 aromatic carbocycles. The van der Waals surface area contributed by atoms with Crippen LogP contribution in [0.2, 0.25) is 5.02 Å². The fourth-order valence-electron chi connectivity index (χ4n) is 1.50. The van der Waals surface area contributed by atoms with Crippen molar-refractivity contribution in [1.29, 1.82) is 0 Å². The van der Waals surface area contributed by atoms with E-state index in [1.807, 2.05) is 19.1 Å². The van der Waals surface area contributed by atoms with Crippen molar-refractivity contribution in [3.8, 4) is 11.5 Å². The van der Waals surface area contributed by atoms with E-state index in [9.17, 15) is 4.79 Å². The first-order valence-electron chi connectivity index (χ1n) is 5.90. The van der Waals surface area contributed by atoms with Gasteiger partial charge in [0.2, 0.25) is 0 Å². The Labute approximate surface area is 130 Å². The zero-order chi connectivity index (χ0) is 14.5. The van der Waals surface area contributed by atoms with Crippen LogP contribution in [0.4, 0.5) is 0 Å². The second kappa shape index (κ2) is 6.77. The van der Waals surface area contributed by atoms with Gasteiger partial charge in [0.15, 0.2) is 6.61 Å². The first-order chi connectivity index (χ1) is 9.54. The highest BCUT2D eigenvalue weighted by atomic mass is 79.9. The second-order valence-electron chi connectivity index (χ2n) is 4.15. The third-order valence-corrected chi connectivity index (χ3v) is 3.28. The first kappa shape index (κ1) is 14.9. The van der Waals surface area contributed by atoms with Crippen LogP contribution in [0.5, 0.6) is 11.5 Å². The number of aryl methyl sites for hydroxylation is 1. The number of halogens is 2. The highest BCUT2D eigenvalue weighted by molar-refractivity contribution is 9.10. The Balaban J connectivity index is 1.90. The van der Waals surface area contributed by atoms with Crippen molar-refractivity contribution in [1.82, 2.24) is 0 Å². The van der Waals surface area contributed by atoms with Crippen molar-refractivity contribution in [3.63, 3.8) is 0 Å². The average Bonchev–Trinajstić information content (AvgIpc) is 2.40. The fourth-order valence-corrected chi connectivity index (χ4v) is 2.22. The van der Waals surface area contributed by atoms with E-state index in [4.69, 9.17) is 21.1 Å². The third-order valence-electron chi connectivity index (χ3n) is 2.49. The van der Waals surface area contributed by atoms with Gasteiger partial charge in [0.25, 0.3) is 0 Å². The first-order valence-corrected chi connectivity index (χ1v) is 7.07. The molecule has 2 aromatic rings. The molecule has 5 heteroatoms. The zero-order valence-electron chi connectivity index (χ0n) is 10.7. The van der Waals surface area contributed by atoms with Crippen molar-refractivity contribution >= 4 is 33.5 Å². The number of esters is 1. The van der Waals surface area contributed by atoms with Crippen LogP contribution in [0, 0.1) is 6.92 Å². The van der Waals surface area contributed by atoms with Gasteiger partial charge in [0.1, 0.15) is 11.5 Å². The van der Waals surface area contributed by atoms with Crippen molar-refractivity contribution in [3.05, 3.63) is 57.5 Å². The lowest BCUT2D eigenvalue weighted by Gasteiger charge is -2.08. The zero-order valence-corrected chi connectivity index (χ0v) is 13.1. The maximum atomic E-state index is 11.6. The number of hydrogen-bond acceptors (Lipinski definition) is 3. The molecule has 20 heavy (non-hydrogen) atoms. The van der Waals surface area contributed by atoms with Crippen LogP contribution in [0.15, 0.2) is 46.9 Å². The van der Waals surface area contributed by atoms with Gasteiger partial charge in [-0.2, -0.15) is 0 Å². The summed E-state index contributed by atoms with van der Waals surface area (Å²) in [5.74, 6) is 0.453. The predicted octanol–water partition coefficient (Wildman–Crippen LogP) is 4.40. The van der Waals surface area contributed by atoms with E-state index < -0.39 is 5.97 Å². The summed E-state index contributed by atoms with van der Waals surface area (Å²) >= 11 is 9.28. The molecule has 0 N–H and O–H groups in total. The van der Waals surface area contributed by atoms with Crippen LogP contribution in [-0.2, 0) is 4.79 Å². The summed E-state index contributed by atoms with van der Waals surface area (Å²) in [6.45, 7) is 1.76. The number of carbonyl (C=O) groups excluding carboxylic acids is 1. The molecule has 0 aliphatic carbocycles. The number of ether oxygens (including phenoxy) is 2. The van der Waals surface area contributed by atoms with E-state index >= 15 is 0 Å². The SMILES string of the molecule is Cc1ccc(OC(=O)COc2ccc(Br)cc2Cl)cc1. The molecular weight excluding hydrogens is 344 g/mol. The lowest BCUT2D eigenvalue weighted by atomic mass is 10.2. The minimum Gasteiger partial charge on any atom is -0.480 e. The molecule has 0 spiro atoms. The summed E-state index contributed by atoms with van der Waals surface area (Å²) in [6.07, 6.45) is 0. The molecule has 0 aliphatic heterocycles. The van der Waals surface area contributed by atoms with Crippen molar-refractivity contribution in [2.45, 2.75) is 6.92 Å². The van der Waals surface area contributed by atoms with Crippen LogP contribution in [0.25, 0.3) is 0 Å². The highest BCUT2D eigenvalue weighted by Gasteiger charge is 2.08. The van der Waals surface area contributed by atoms with E-state index in [0.717, 1.165) is 10.0 Å². The van der Waals surface area contributed by atoms with E-state index in [1.54, 1.807) is 30.3 Å². The van der Waals surface area contributed by atoms with E-state index in [1.165, 1.54) is 0 Å². The minimum atomic E-state index is -0.479. The van der Waals surface area contributed by atoms with E-state index in [0.29, 0.717) is 16.5 Å². The average molecular weight is 356 g/mol. The minimum absolute atomic E-state index is 0.199. The molecule has 2 rings (SSSR count). The van der Waals surface area contributed by atoms with Gasteiger partial charge in [-0.15, -0.1) is 0 Å². The predicted molar refractivity (Wildman–Crippen MR) is 81.5 cm³/mol. The van der Waals surface area contributed by atoms with Crippen LogP contribution >= 0.6 is 27.5 Å². The Hall–Kier alpha value is -1.52. The number of benzene rings is 2. The van der Waals surface area contributed by atoms with Crippen molar-refractivity contribution in [2.24, 2.45) is 0 Å². The van der Waals surface area contributed by atoms with Crippen LogP contribution in [-0.4, -0.2) is 12.6 Å². The summed E-state index contributed by atoms with van der Waals surface area (Å²) in [5.41, 5.74) is 1.10. The standard InChI is InChI=1S/C15H12BrClO3/c1-10-2-5-12(6-3-10)20-15(18)9-19-14-7-4-11(16)8-13(14)17/h2-8H,9H2,1H3. The molecule has 104 valence electrons. The largest absolute Gasteiger partial charge is 0.480 e. The summed E-state index contributed by atoms with van der Waals surface area (Å²) in [6, 6.07) is 12.4. The third kappa shape index (κ3) is 4.25. The Morgan fingerprint density at radius 2 is 1.90 bits per heavy atom. The van der Waals surface area contributed by atoms with Gasteiger partial charge >= 0.3 is 5.97 Å². The fraction of sp³-hybridized carbons (Fsp3) is 0.133. The molecule has 0 bridgehead atoms. The number of hydrogen-bond donors (Lipinski definition) is 0. The monoisotopic (exact) mass is 354 g/mol. The summed E-state index contributed by atoms with van der Waals surface area (Å²) in [7, 11) is 0. The Kier molecular flexibility index (Phi) is 5.04. The molecule has 0 unspecified atom stereocenters. The van der Waals surface area contributed by atoms with Crippen molar-refractivity contribution in [2.75, 3.05) is 6.61 Å². The molecule has 0 heterocycles. The maximum absolute atomic E-state index is 11.6. The van der Waals surface area contributed by atoms with Gasteiger partial charge in [-0.25, -0.2) is 4.79 Å². The van der Waals surface area contributed by atoms with E-state index in [2.05, 4.69) is 15.9 Å². The van der Waals surface area contributed by atoms with Gasteiger partial charge in [0, 0.05) is 4.47 Å². The number of carbonyl (C=O) groups is 1. The van der Waals surface area contributed by atoms with Gasteiger partial charge in [-0.05, 0) is 37.3 Å². The molecule has 0 saturated heterocycles. The molecule has 0 aliphatic rings. The molecule has 0 atom stereocenters. The Bertz CT molecular complexity index is 611. The van der Waals surface area contributed by atoms with Crippen LogP contribution in [0.1, 0.15) is 5.56 Å². The lowest BCUT2D eigenvalue weighted by molar-refractivity contribution is -0.136. The highest BCUT2D eigenvalue weighted by Crippen LogP contribution is 2.27.